The Bertz CT molecular complexity index is 1570. The molecule has 0 aromatic heterocycles. The van der Waals surface area contributed by atoms with Crippen LogP contribution in [0.25, 0.3) is 21.5 Å². The average Bonchev–Trinajstić information content (AvgIpc) is 2.93. The van der Waals surface area contributed by atoms with Crippen LogP contribution in [0.5, 0.6) is 0 Å². The summed E-state index contributed by atoms with van der Waals surface area (Å²) in [5.41, 5.74) is 11.8. The molecule has 0 radical (unpaired) electrons. The second-order valence-electron chi connectivity index (χ2n) is 7.97. The molecule has 0 aliphatic rings. The maximum Gasteiger partial charge on any atom is 0.297 e. The van der Waals surface area contributed by atoms with E-state index in [0.717, 1.165) is 42.3 Å². The van der Waals surface area contributed by atoms with E-state index in [0.29, 0.717) is 16.8 Å². The van der Waals surface area contributed by atoms with Crippen molar-refractivity contribution in [2.45, 2.75) is 37.0 Å². The van der Waals surface area contributed by atoms with E-state index in [1.807, 2.05) is 26.8 Å². The maximum atomic E-state index is 11.3. The van der Waals surface area contributed by atoms with Gasteiger partial charge in [-0.15, -0.1) is 0 Å². The van der Waals surface area contributed by atoms with E-state index in [-0.39, 0.29) is 9.79 Å². The van der Waals surface area contributed by atoms with Crippen molar-refractivity contribution in [3.8, 4) is 0 Å². The highest BCUT2D eigenvalue weighted by molar-refractivity contribution is 7.86. The lowest BCUT2D eigenvalue weighted by Gasteiger charge is -2.09. The second-order valence-corrected chi connectivity index (χ2v) is 10.8. The Balaban J connectivity index is 0.000000311. The van der Waals surface area contributed by atoms with Gasteiger partial charge in [-0.3, -0.25) is 9.11 Å². The Hall–Kier alpha value is -3.26. The number of anilines is 2. The number of fused-ring (bicyclic) bond motifs is 2. The Morgan fingerprint density at radius 1 is 0.825 bits per heavy atom. The quantitative estimate of drug-likeness (QED) is 0.109. The van der Waals surface area contributed by atoms with Crippen molar-refractivity contribution in [1.29, 1.82) is 0 Å². The molecule has 12 heteroatoms. The Morgan fingerprint density at radius 3 is 2.00 bits per heavy atom. The minimum atomic E-state index is -4.23. The van der Waals surface area contributed by atoms with Gasteiger partial charge in [0.1, 0.15) is 4.90 Å². The van der Waals surface area contributed by atoms with Crippen LogP contribution >= 0.6 is 0 Å². The Morgan fingerprint density at radius 2 is 1.43 bits per heavy atom. The number of ether oxygens (including phenoxy) is 1. The molecule has 0 saturated carbocycles. The largest absolute Gasteiger partial charge is 0.399 e. The van der Waals surface area contributed by atoms with Crippen LogP contribution in [0.2, 0.25) is 0 Å². The van der Waals surface area contributed by atoms with E-state index in [2.05, 4.69) is 5.32 Å². The van der Waals surface area contributed by atoms with Gasteiger partial charge < -0.3 is 21.5 Å². The van der Waals surface area contributed by atoms with Crippen LogP contribution in [-0.2, 0) is 25.0 Å². The van der Waals surface area contributed by atoms with Gasteiger partial charge in [-0.2, -0.15) is 16.8 Å². The summed E-state index contributed by atoms with van der Waals surface area (Å²) >= 11 is 0. The molecule has 4 rings (SSSR count). The third-order valence-corrected chi connectivity index (χ3v) is 7.04. The van der Waals surface area contributed by atoms with Crippen LogP contribution in [0, 0.1) is 0 Å². The lowest BCUT2D eigenvalue weighted by atomic mass is 10.1. The predicted molar refractivity (Wildman–Crippen MR) is 163 cm³/mol. The van der Waals surface area contributed by atoms with E-state index in [1.54, 1.807) is 61.6 Å². The molecule has 10 nitrogen and oxygen atoms in total. The summed E-state index contributed by atoms with van der Waals surface area (Å²) in [5, 5.41) is 5.60. The van der Waals surface area contributed by atoms with Gasteiger partial charge in [0.15, 0.2) is 0 Å². The van der Waals surface area contributed by atoms with E-state index in [1.165, 1.54) is 12.1 Å². The Kier molecular flexibility index (Phi) is 14.6. The summed E-state index contributed by atoms with van der Waals surface area (Å²) in [7, 11) is -6.76. The molecule has 0 aliphatic heterocycles. The lowest BCUT2D eigenvalue weighted by molar-refractivity contribution is 0.146. The van der Waals surface area contributed by atoms with E-state index >= 15 is 0 Å². The van der Waals surface area contributed by atoms with Crippen molar-refractivity contribution in [1.82, 2.24) is 0 Å². The van der Waals surface area contributed by atoms with Gasteiger partial charge in [-0.05, 0) is 66.4 Å². The van der Waals surface area contributed by atoms with Crippen molar-refractivity contribution in [3.05, 3.63) is 72.8 Å². The van der Waals surface area contributed by atoms with Gasteiger partial charge in [0.05, 0.1) is 10.6 Å². The van der Waals surface area contributed by atoms with Crippen molar-refractivity contribution in [2.75, 3.05) is 37.9 Å². The normalized spacial score (nSPS) is 10.9. The lowest BCUT2D eigenvalue weighted by Crippen LogP contribution is -2.04. The van der Waals surface area contributed by atoms with Gasteiger partial charge in [0.25, 0.3) is 20.2 Å². The molecule has 40 heavy (non-hydrogen) atoms. The zero-order chi connectivity index (χ0) is 30.3. The maximum absolute atomic E-state index is 11.3. The van der Waals surface area contributed by atoms with Gasteiger partial charge in [-0.1, -0.05) is 56.3 Å². The third-order valence-electron chi connectivity index (χ3n) is 5.24. The molecule has 4 aromatic carbocycles. The van der Waals surface area contributed by atoms with Crippen LogP contribution in [-0.4, -0.2) is 52.7 Å². The van der Waals surface area contributed by atoms with Gasteiger partial charge in [-0.25, -0.2) is 0 Å². The topological polar surface area (TPSA) is 182 Å². The van der Waals surface area contributed by atoms with E-state index in [4.69, 9.17) is 20.8 Å². The summed E-state index contributed by atoms with van der Waals surface area (Å²) in [5.74, 6) is 0. The van der Waals surface area contributed by atoms with Crippen molar-refractivity contribution < 1.29 is 30.7 Å². The van der Waals surface area contributed by atoms with Gasteiger partial charge >= 0.3 is 0 Å². The zero-order valence-electron chi connectivity index (χ0n) is 23.2. The molecule has 0 fully saturated rings. The number of nitrogens with one attached hydrogen (secondary N) is 1. The number of rotatable bonds is 7. The fourth-order valence-corrected chi connectivity index (χ4v) is 4.88. The van der Waals surface area contributed by atoms with Crippen molar-refractivity contribution in [2.24, 2.45) is 5.73 Å². The first-order valence-corrected chi connectivity index (χ1v) is 15.5. The molecule has 0 bridgehead atoms. The molecule has 0 atom stereocenters. The number of nitrogen functional groups attached to an aromatic ring is 1. The molecular weight excluding hydrogens is 554 g/mol. The highest BCUT2D eigenvalue weighted by Gasteiger charge is 2.18. The highest BCUT2D eigenvalue weighted by atomic mass is 32.2. The number of hydrogen-bond acceptors (Lipinski definition) is 8. The van der Waals surface area contributed by atoms with Gasteiger partial charge in [0.2, 0.25) is 0 Å². The molecule has 4 aromatic rings. The molecule has 0 unspecified atom stereocenters. The summed E-state index contributed by atoms with van der Waals surface area (Å²) in [6.45, 7) is 8.34. The van der Waals surface area contributed by atoms with Crippen molar-refractivity contribution in [3.63, 3.8) is 0 Å². The van der Waals surface area contributed by atoms with Crippen LogP contribution in [0.1, 0.15) is 27.2 Å². The molecule has 0 saturated heterocycles. The first-order chi connectivity index (χ1) is 18.9. The van der Waals surface area contributed by atoms with Crippen LogP contribution in [0.15, 0.2) is 82.6 Å². The molecule has 7 N–H and O–H groups in total. The number of nitrogens with two attached hydrogens (primary N) is 2. The average molecular weight is 594 g/mol. The van der Waals surface area contributed by atoms with Crippen LogP contribution < -0.4 is 16.8 Å². The second kappa shape index (κ2) is 16.8. The van der Waals surface area contributed by atoms with E-state index < -0.39 is 20.2 Å². The zero-order valence-corrected chi connectivity index (χ0v) is 24.8. The summed E-state index contributed by atoms with van der Waals surface area (Å²) in [6, 6.07) is 19.9. The summed E-state index contributed by atoms with van der Waals surface area (Å²) in [6.07, 6.45) is 0.980. The Labute approximate surface area is 236 Å². The van der Waals surface area contributed by atoms with Crippen molar-refractivity contribution >= 4 is 53.2 Å². The standard InChI is InChI=1S/C11H11NO3S.C10H9NO3S.C5H13NO.C2H6/c1-12-10-7-6-8-4-2-3-5-9(8)11(10)16(13,14)15;11-9-3-1-8-6-10(15(12,13)14)4-2-7(8)5-9;1-2-7-5-3-4-6;1-2/h2-7,12H,1H3,(H,13,14,15);1-6H,11H2,(H,12,13,14);2-6H2,1H3;1-2H3. The third kappa shape index (κ3) is 10.7. The molecule has 0 spiro atoms. The SMILES string of the molecule is CC.CCOCCCN.CNc1ccc2ccccc2c1S(=O)(=O)O.Nc1ccc2cc(S(=O)(=O)O)ccc2c1. The molecule has 0 amide bonds. The first-order valence-electron chi connectivity index (χ1n) is 12.6. The monoisotopic (exact) mass is 593 g/mol. The molecular formula is C28H39N3O7S2. The predicted octanol–water partition coefficient (Wildman–Crippen LogP) is 5.19. The number of benzene rings is 4. The smallest absolute Gasteiger partial charge is 0.297 e. The van der Waals surface area contributed by atoms with Gasteiger partial charge in [0, 0.05) is 31.3 Å². The molecule has 220 valence electrons. The molecule has 0 heterocycles. The first kappa shape index (κ1) is 34.8. The summed E-state index contributed by atoms with van der Waals surface area (Å²) < 4.78 is 67.5. The van der Waals surface area contributed by atoms with E-state index in [9.17, 15) is 21.4 Å². The summed E-state index contributed by atoms with van der Waals surface area (Å²) in [4.78, 5) is -0.187. The minimum Gasteiger partial charge on any atom is -0.399 e. The van der Waals surface area contributed by atoms with Crippen LogP contribution in [0.4, 0.5) is 11.4 Å². The number of hydrogen-bond donors (Lipinski definition) is 5. The molecule has 0 aliphatic carbocycles. The van der Waals surface area contributed by atoms with Crippen LogP contribution in [0.3, 0.4) is 0 Å². The fourth-order valence-electron chi connectivity index (χ4n) is 3.45. The minimum absolute atomic E-state index is 0.0758. The highest BCUT2D eigenvalue weighted by Crippen LogP contribution is 2.29. The fraction of sp³-hybridized carbons (Fsp3) is 0.286.